The number of likely N-dealkylation sites (tertiary alicyclic amines) is 1. The van der Waals surface area contributed by atoms with Crippen molar-refractivity contribution in [3.63, 3.8) is 0 Å². The highest BCUT2D eigenvalue weighted by atomic mass is 16.2. The Kier molecular flexibility index (Phi) is 8.38. The summed E-state index contributed by atoms with van der Waals surface area (Å²) in [4.78, 5) is 14.8. The zero-order valence-corrected chi connectivity index (χ0v) is 10.8. The Bertz CT molecular complexity index is 155. The predicted molar refractivity (Wildman–Crippen MR) is 65.0 cm³/mol. The van der Waals surface area contributed by atoms with E-state index < -0.39 is 0 Å². The quantitative estimate of drug-likeness (QED) is 0.717. The van der Waals surface area contributed by atoms with Gasteiger partial charge in [0.05, 0.1) is 0 Å². The molecule has 0 aromatic carbocycles. The second-order valence-electron chi connectivity index (χ2n) is 3.83. The summed E-state index contributed by atoms with van der Waals surface area (Å²) in [6.07, 6.45) is 2.39. The van der Waals surface area contributed by atoms with E-state index in [0.29, 0.717) is 0 Å². The monoisotopic (exact) mass is 214 g/mol. The van der Waals surface area contributed by atoms with Crippen LogP contribution in [0.1, 0.15) is 40.5 Å². The van der Waals surface area contributed by atoms with Gasteiger partial charge in [0.1, 0.15) is 0 Å². The summed E-state index contributed by atoms with van der Waals surface area (Å²) in [5.41, 5.74) is 0. The van der Waals surface area contributed by atoms with Gasteiger partial charge in [-0.2, -0.15) is 0 Å². The Morgan fingerprint density at radius 2 is 1.47 bits per heavy atom. The van der Waals surface area contributed by atoms with Gasteiger partial charge in [-0.05, 0) is 32.5 Å². The van der Waals surface area contributed by atoms with E-state index in [2.05, 4.69) is 25.7 Å². The summed E-state index contributed by atoms with van der Waals surface area (Å²) in [7, 11) is 0. The molecule has 0 N–H and O–H groups in total. The average Bonchev–Trinajstić information content (AvgIpc) is 2.74. The van der Waals surface area contributed by atoms with E-state index in [1.165, 1.54) is 32.5 Å². The van der Waals surface area contributed by atoms with Gasteiger partial charge in [0, 0.05) is 20.0 Å². The van der Waals surface area contributed by atoms with Crippen molar-refractivity contribution < 1.29 is 4.79 Å². The number of hydrogen-bond acceptors (Lipinski definition) is 2. The van der Waals surface area contributed by atoms with Crippen LogP contribution in [-0.4, -0.2) is 48.4 Å². The number of nitrogens with zero attached hydrogens (tertiary/aromatic N) is 2. The topological polar surface area (TPSA) is 23.6 Å². The average molecular weight is 214 g/mol. The van der Waals surface area contributed by atoms with Crippen LogP contribution in [0.15, 0.2) is 0 Å². The molecule has 90 valence electrons. The molecule has 1 fully saturated rings. The van der Waals surface area contributed by atoms with Crippen LogP contribution in [0.3, 0.4) is 0 Å². The van der Waals surface area contributed by atoms with Gasteiger partial charge in [-0.15, -0.1) is 0 Å². The van der Waals surface area contributed by atoms with Crippen molar-refractivity contribution in [2.24, 2.45) is 0 Å². The van der Waals surface area contributed by atoms with Gasteiger partial charge in [-0.3, -0.25) is 4.79 Å². The third-order valence-electron chi connectivity index (χ3n) is 2.89. The largest absolute Gasteiger partial charge is 0.343 e. The Hall–Kier alpha value is -0.570. The first-order chi connectivity index (χ1) is 7.15. The lowest BCUT2D eigenvalue weighted by Gasteiger charge is -2.13. The van der Waals surface area contributed by atoms with Crippen molar-refractivity contribution in [1.82, 2.24) is 9.80 Å². The highest BCUT2D eigenvalue weighted by Crippen LogP contribution is 2.06. The van der Waals surface area contributed by atoms with Gasteiger partial charge in [-0.1, -0.05) is 20.8 Å². The molecule has 0 aliphatic carbocycles. The molecule has 1 aliphatic heterocycles. The maximum Gasteiger partial charge on any atom is 0.219 e. The summed E-state index contributed by atoms with van der Waals surface area (Å²) in [6.45, 7) is 13.7. The van der Waals surface area contributed by atoms with Gasteiger partial charge in [0.25, 0.3) is 0 Å². The zero-order chi connectivity index (χ0) is 11.7. The minimum absolute atomic E-state index is 0.225. The lowest BCUT2D eigenvalue weighted by atomic mass is 10.4. The maximum absolute atomic E-state index is 10.6. The van der Waals surface area contributed by atoms with Crippen LogP contribution < -0.4 is 0 Å². The molecular weight excluding hydrogens is 188 g/mol. The first-order valence-corrected chi connectivity index (χ1v) is 6.13. The number of rotatable bonds is 3. The first kappa shape index (κ1) is 14.4. The Balaban J connectivity index is 0.000000265. The van der Waals surface area contributed by atoms with Gasteiger partial charge < -0.3 is 9.80 Å². The second kappa shape index (κ2) is 8.72. The molecule has 0 atom stereocenters. The second-order valence-corrected chi connectivity index (χ2v) is 3.83. The number of hydrogen-bond donors (Lipinski definition) is 0. The molecule has 1 saturated heterocycles. The SMILES string of the molecule is CC(=O)N1CCCC1.CCN(CC)CC. The standard InChI is InChI=1S/C6H11NO.C6H15N/c1-6(8)7-4-2-3-5-7;1-4-7(5-2)6-3/h2-5H2,1H3;4-6H2,1-3H3. The van der Waals surface area contributed by atoms with Gasteiger partial charge in [0.15, 0.2) is 0 Å². The van der Waals surface area contributed by atoms with Crippen molar-refractivity contribution in [1.29, 1.82) is 0 Å². The van der Waals surface area contributed by atoms with Crippen LogP contribution in [0, 0.1) is 0 Å². The highest BCUT2D eigenvalue weighted by molar-refractivity contribution is 5.73. The van der Waals surface area contributed by atoms with Crippen LogP contribution in [-0.2, 0) is 4.79 Å². The summed E-state index contributed by atoms with van der Waals surface area (Å²) in [6, 6.07) is 0. The Labute approximate surface area is 94.4 Å². The molecule has 0 spiro atoms. The molecular formula is C12H26N2O. The Morgan fingerprint density at radius 1 is 1.07 bits per heavy atom. The lowest BCUT2D eigenvalue weighted by molar-refractivity contribution is -0.127. The third kappa shape index (κ3) is 6.50. The molecule has 1 rings (SSSR count). The summed E-state index contributed by atoms with van der Waals surface area (Å²) in [5.74, 6) is 0.225. The number of carbonyl (C=O) groups is 1. The highest BCUT2D eigenvalue weighted by Gasteiger charge is 2.12. The van der Waals surface area contributed by atoms with Crippen LogP contribution in [0.5, 0.6) is 0 Å². The first-order valence-electron chi connectivity index (χ1n) is 6.13. The fourth-order valence-corrected chi connectivity index (χ4v) is 1.70. The molecule has 15 heavy (non-hydrogen) atoms. The smallest absolute Gasteiger partial charge is 0.219 e. The molecule has 0 aromatic rings. The molecule has 3 heteroatoms. The molecule has 0 saturated carbocycles. The van der Waals surface area contributed by atoms with E-state index >= 15 is 0 Å². The van der Waals surface area contributed by atoms with E-state index in [4.69, 9.17) is 0 Å². The fourth-order valence-electron chi connectivity index (χ4n) is 1.70. The van der Waals surface area contributed by atoms with E-state index in [-0.39, 0.29) is 5.91 Å². The molecule has 1 amide bonds. The molecule has 0 aromatic heterocycles. The van der Waals surface area contributed by atoms with E-state index in [1.807, 2.05) is 4.90 Å². The molecule has 0 bridgehead atoms. The van der Waals surface area contributed by atoms with Crippen molar-refractivity contribution >= 4 is 5.91 Å². The minimum atomic E-state index is 0.225. The molecule has 0 unspecified atom stereocenters. The van der Waals surface area contributed by atoms with E-state index in [0.717, 1.165) is 13.1 Å². The van der Waals surface area contributed by atoms with E-state index in [1.54, 1.807) is 6.92 Å². The normalized spacial score (nSPS) is 15.1. The molecule has 0 radical (unpaired) electrons. The summed E-state index contributed by atoms with van der Waals surface area (Å²) < 4.78 is 0. The maximum atomic E-state index is 10.6. The lowest BCUT2D eigenvalue weighted by Crippen LogP contribution is -2.24. The van der Waals surface area contributed by atoms with Gasteiger partial charge in [-0.25, -0.2) is 0 Å². The van der Waals surface area contributed by atoms with Gasteiger partial charge >= 0.3 is 0 Å². The Morgan fingerprint density at radius 3 is 1.60 bits per heavy atom. The molecule has 1 aliphatic rings. The van der Waals surface area contributed by atoms with Crippen LogP contribution in [0.25, 0.3) is 0 Å². The van der Waals surface area contributed by atoms with Crippen molar-refractivity contribution in [2.45, 2.75) is 40.5 Å². The van der Waals surface area contributed by atoms with Gasteiger partial charge in [0.2, 0.25) is 5.91 Å². The number of amides is 1. The third-order valence-corrected chi connectivity index (χ3v) is 2.89. The van der Waals surface area contributed by atoms with Crippen LogP contribution >= 0.6 is 0 Å². The van der Waals surface area contributed by atoms with Crippen molar-refractivity contribution in [2.75, 3.05) is 32.7 Å². The summed E-state index contributed by atoms with van der Waals surface area (Å²) in [5, 5.41) is 0. The van der Waals surface area contributed by atoms with Crippen LogP contribution in [0.2, 0.25) is 0 Å². The number of carbonyl (C=O) groups excluding carboxylic acids is 1. The van der Waals surface area contributed by atoms with Crippen molar-refractivity contribution in [3.8, 4) is 0 Å². The molecule has 3 nitrogen and oxygen atoms in total. The predicted octanol–water partition coefficient (Wildman–Crippen LogP) is 1.98. The fraction of sp³-hybridized carbons (Fsp3) is 0.917. The minimum Gasteiger partial charge on any atom is -0.343 e. The zero-order valence-electron chi connectivity index (χ0n) is 10.8. The van der Waals surface area contributed by atoms with E-state index in [9.17, 15) is 4.79 Å². The van der Waals surface area contributed by atoms with Crippen LogP contribution in [0.4, 0.5) is 0 Å². The van der Waals surface area contributed by atoms with Crippen molar-refractivity contribution in [3.05, 3.63) is 0 Å². The molecule has 1 heterocycles. The summed E-state index contributed by atoms with van der Waals surface area (Å²) >= 11 is 0.